The largest absolute Gasteiger partial charge is 0.485 e. The lowest BCUT2D eigenvalue weighted by atomic mass is 9.99. The number of hydrogen-bond donors (Lipinski definition) is 0. The van der Waals surface area contributed by atoms with Crippen molar-refractivity contribution in [1.29, 1.82) is 0 Å². The van der Waals surface area contributed by atoms with Crippen molar-refractivity contribution in [1.82, 2.24) is 0 Å². The number of ketones is 1. The van der Waals surface area contributed by atoms with Gasteiger partial charge in [0.15, 0.2) is 5.78 Å². The molecule has 0 aliphatic carbocycles. The molecule has 0 aliphatic heterocycles. The monoisotopic (exact) mass is 330 g/mol. The van der Waals surface area contributed by atoms with Crippen molar-refractivity contribution in [2.24, 2.45) is 0 Å². The molecule has 130 valence electrons. The highest BCUT2D eigenvalue weighted by Crippen LogP contribution is 2.29. The molecule has 0 saturated carbocycles. The van der Waals surface area contributed by atoms with E-state index in [9.17, 15) is 9.59 Å². The standard InChI is InChI=1S/C20H26O4/c1-5-6-7-8-9-17-14(3)16-10-11-18(23-12-13(2)21)15(4)19(16)24-20(17)22/h10-11H,5-9,12H2,1-4H3. The van der Waals surface area contributed by atoms with Gasteiger partial charge < -0.3 is 9.15 Å². The molecule has 4 nitrogen and oxygen atoms in total. The first-order chi connectivity index (χ1) is 11.5. The Morgan fingerprint density at radius 1 is 1.12 bits per heavy atom. The molecular weight excluding hydrogens is 304 g/mol. The van der Waals surface area contributed by atoms with Crippen LogP contribution in [0.3, 0.4) is 0 Å². The van der Waals surface area contributed by atoms with E-state index in [4.69, 9.17) is 9.15 Å². The Balaban J connectivity index is 2.36. The molecule has 0 saturated heterocycles. The summed E-state index contributed by atoms with van der Waals surface area (Å²) in [5.41, 5.74) is 2.81. The second-order valence-electron chi connectivity index (χ2n) is 6.36. The number of unbranched alkanes of at least 4 members (excludes halogenated alkanes) is 3. The number of carbonyl (C=O) groups excluding carboxylic acids is 1. The summed E-state index contributed by atoms with van der Waals surface area (Å²) in [7, 11) is 0. The Morgan fingerprint density at radius 3 is 2.54 bits per heavy atom. The van der Waals surface area contributed by atoms with Gasteiger partial charge in [0.2, 0.25) is 0 Å². The van der Waals surface area contributed by atoms with Gasteiger partial charge in [-0.05, 0) is 51.3 Å². The van der Waals surface area contributed by atoms with Crippen molar-refractivity contribution in [3.05, 3.63) is 39.2 Å². The lowest BCUT2D eigenvalue weighted by molar-refractivity contribution is -0.118. The molecule has 2 aromatic rings. The van der Waals surface area contributed by atoms with Crippen molar-refractivity contribution in [3.8, 4) is 5.75 Å². The van der Waals surface area contributed by atoms with Gasteiger partial charge in [-0.1, -0.05) is 26.2 Å². The smallest absolute Gasteiger partial charge is 0.339 e. The van der Waals surface area contributed by atoms with E-state index in [1.54, 1.807) is 0 Å². The molecule has 1 heterocycles. The molecule has 0 aliphatic rings. The van der Waals surface area contributed by atoms with Gasteiger partial charge in [0.25, 0.3) is 0 Å². The molecule has 0 radical (unpaired) electrons. The molecule has 1 aromatic heterocycles. The molecule has 24 heavy (non-hydrogen) atoms. The van der Waals surface area contributed by atoms with Crippen LogP contribution in [0.1, 0.15) is 56.2 Å². The van der Waals surface area contributed by atoms with E-state index in [0.29, 0.717) is 11.3 Å². The minimum Gasteiger partial charge on any atom is -0.485 e. The third kappa shape index (κ3) is 4.05. The molecule has 1 aromatic carbocycles. The number of fused-ring (bicyclic) bond motifs is 1. The first kappa shape index (κ1) is 18.2. The second-order valence-corrected chi connectivity index (χ2v) is 6.36. The summed E-state index contributed by atoms with van der Waals surface area (Å²) in [6.07, 6.45) is 5.25. The highest BCUT2D eigenvalue weighted by Gasteiger charge is 2.15. The first-order valence-corrected chi connectivity index (χ1v) is 8.63. The maximum atomic E-state index is 12.4. The minimum atomic E-state index is -0.261. The molecule has 4 heteroatoms. The average molecular weight is 330 g/mol. The molecule has 0 amide bonds. The lowest BCUT2D eigenvalue weighted by Crippen LogP contribution is -2.12. The van der Waals surface area contributed by atoms with E-state index < -0.39 is 0 Å². The lowest BCUT2D eigenvalue weighted by Gasteiger charge is -2.12. The summed E-state index contributed by atoms with van der Waals surface area (Å²) < 4.78 is 11.1. The fourth-order valence-electron chi connectivity index (χ4n) is 2.92. The summed E-state index contributed by atoms with van der Waals surface area (Å²) in [5.74, 6) is 0.533. The molecule has 0 atom stereocenters. The van der Waals surface area contributed by atoms with Gasteiger partial charge in [-0.25, -0.2) is 4.79 Å². The van der Waals surface area contributed by atoms with Crippen LogP contribution in [0.15, 0.2) is 21.3 Å². The third-order valence-corrected chi connectivity index (χ3v) is 4.37. The summed E-state index contributed by atoms with van der Waals surface area (Å²) >= 11 is 0. The number of rotatable bonds is 8. The van der Waals surface area contributed by atoms with E-state index in [-0.39, 0.29) is 18.0 Å². The zero-order valence-corrected chi connectivity index (χ0v) is 15.0. The third-order valence-electron chi connectivity index (χ3n) is 4.37. The number of ether oxygens (including phenoxy) is 1. The fraction of sp³-hybridized carbons (Fsp3) is 0.500. The van der Waals surface area contributed by atoms with Gasteiger partial charge in [-0.3, -0.25) is 4.79 Å². The van der Waals surface area contributed by atoms with Gasteiger partial charge in [0, 0.05) is 16.5 Å². The Bertz CT molecular complexity index is 786. The van der Waals surface area contributed by atoms with E-state index in [1.807, 2.05) is 26.0 Å². The summed E-state index contributed by atoms with van der Waals surface area (Å²) in [6, 6.07) is 3.75. The number of hydrogen-bond acceptors (Lipinski definition) is 4. The maximum Gasteiger partial charge on any atom is 0.339 e. The highest BCUT2D eigenvalue weighted by molar-refractivity contribution is 5.85. The number of aryl methyl sites for hydroxylation is 2. The quantitative estimate of drug-likeness (QED) is 0.528. The summed E-state index contributed by atoms with van der Waals surface area (Å²) in [6.45, 7) is 7.49. The van der Waals surface area contributed by atoms with Crippen LogP contribution in [0.25, 0.3) is 11.0 Å². The topological polar surface area (TPSA) is 56.5 Å². The van der Waals surface area contributed by atoms with Crippen molar-refractivity contribution < 1.29 is 13.9 Å². The van der Waals surface area contributed by atoms with Crippen LogP contribution < -0.4 is 10.4 Å². The van der Waals surface area contributed by atoms with E-state index in [0.717, 1.165) is 41.3 Å². The van der Waals surface area contributed by atoms with Crippen LogP contribution in [0.2, 0.25) is 0 Å². The Labute approximate surface area is 142 Å². The molecule has 0 unspecified atom stereocenters. The molecule has 0 bridgehead atoms. The average Bonchev–Trinajstić information content (AvgIpc) is 2.54. The summed E-state index contributed by atoms with van der Waals surface area (Å²) in [5, 5.41) is 0.938. The predicted octanol–water partition coefficient (Wildman–Crippen LogP) is 4.50. The Kier molecular flexibility index (Phi) is 6.18. The van der Waals surface area contributed by atoms with Crippen molar-refractivity contribution in [2.45, 2.75) is 59.8 Å². The predicted molar refractivity (Wildman–Crippen MR) is 96.0 cm³/mol. The van der Waals surface area contributed by atoms with Crippen molar-refractivity contribution in [3.63, 3.8) is 0 Å². The van der Waals surface area contributed by atoms with Gasteiger partial charge in [0.1, 0.15) is 17.9 Å². The SMILES string of the molecule is CCCCCCc1c(C)c2ccc(OCC(C)=O)c(C)c2oc1=O. The molecule has 0 N–H and O–H groups in total. The van der Waals surface area contributed by atoms with Crippen molar-refractivity contribution in [2.75, 3.05) is 6.61 Å². The van der Waals surface area contributed by atoms with E-state index in [2.05, 4.69) is 6.92 Å². The maximum absolute atomic E-state index is 12.4. The number of benzene rings is 1. The first-order valence-electron chi connectivity index (χ1n) is 8.63. The van der Waals surface area contributed by atoms with Crippen LogP contribution >= 0.6 is 0 Å². The second kappa shape index (κ2) is 8.13. The normalized spacial score (nSPS) is 11.0. The van der Waals surface area contributed by atoms with Crippen LogP contribution in [0, 0.1) is 13.8 Å². The van der Waals surface area contributed by atoms with Gasteiger partial charge in [-0.2, -0.15) is 0 Å². The molecule has 2 rings (SSSR count). The molecular formula is C20H26O4. The zero-order valence-electron chi connectivity index (χ0n) is 15.0. The van der Waals surface area contributed by atoms with Gasteiger partial charge >= 0.3 is 5.63 Å². The zero-order chi connectivity index (χ0) is 17.7. The Morgan fingerprint density at radius 2 is 1.88 bits per heavy atom. The molecule has 0 fully saturated rings. The highest BCUT2D eigenvalue weighted by atomic mass is 16.5. The van der Waals surface area contributed by atoms with Crippen LogP contribution in [0.4, 0.5) is 0 Å². The summed E-state index contributed by atoms with van der Waals surface area (Å²) in [4.78, 5) is 23.5. The van der Waals surface area contributed by atoms with Crippen LogP contribution in [-0.4, -0.2) is 12.4 Å². The van der Waals surface area contributed by atoms with Crippen LogP contribution in [-0.2, 0) is 11.2 Å². The number of carbonyl (C=O) groups is 1. The van der Waals surface area contributed by atoms with E-state index in [1.165, 1.54) is 19.8 Å². The minimum absolute atomic E-state index is 0.0189. The van der Waals surface area contributed by atoms with E-state index >= 15 is 0 Å². The molecule has 0 spiro atoms. The van der Waals surface area contributed by atoms with Gasteiger partial charge in [0.05, 0.1) is 0 Å². The number of Topliss-reactive ketones (excluding diaryl/α,β-unsaturated/α-hetero) is 1. The van der Waals surface area contributed by atoms with Crippen LogP contribution in [0.5, 0.6) is 5.75 Å². The van der Waals surface area contributed by atoms with Gasteiger partial charge in [-0.15, -0.1) is 0 Å². The van der Waals surface area contributed by atoms with Crippen molar-refractivity contribution >= 4 is 16.8 Å². The fourth-order valence-corrected chi connectivity index (χ4v) is 2.92. The Hall–Kier alpha value is -2.10.